The normalized spacial score (nSPS) is 16.3. The van der Waals surface area contributed by atoms with Crippen LogP contribution in [0, 0.1) is 18.7 Å². The standard InChI is InChI=1S/C27H29FN4O2/c1-18-9-12-31(13-10-18)27-29-24-11-14-32(26(33)20-6-4-7-21(28)16-20)17-23(24)25(30-27)34-22-8-3-5-19(2)15-22/h3-8,15-16,18H,9-14,17H2,1-2H3. The Balaban J connectivity index is 1.48. The third kappa shape index (κ3) is 4.74. The van der Waals surface area contributed by atoms with E-state index in [9.17, 15) is 9.18 Å². The number of carbonyl (C=O) groups excluding carboxylic acids is 1. The molecule has 2 aliphatic heterocycles. The van der Waals surface area contributed by atoms with Crippen molar-refractivity contribution in [2.45, 2.75) is 39.7 Å². The summed E-state index contributed by atoms with van der Waals surface area (Å²) in [5.74, 6) is 1.96. The first-order valence-electron chi connectivity index (χ1n) is 11.9. The Kier molecular flexibility index (Phi) is 6.18. The quantitative estimate of drug-likeness (QED) is 0.539. The Labute approximate surface area is 199 Å². The van der Waals surface area contributed by atoms with Crippen LogP contribution in [-0.4, -0.2) is 40.4 Å². The summed E-state index contributed by atoms with van der Waals surface area (Å²) < 4.78 is 20.0. The van der Waals surface area contributed by atoms with Crippen LogP contribution in [0.25, 0.3) is 0 Å². The smallest absolute Gasteiger partial charge is 0.254 e. The summed E-state index contributed by atoms with van der Waals surface area (Å²) in [4.78, 5) is 26.8. The lowest BCUT2D eigenvalue weighted by Gasteiger charge is -2.33. The molecule has 2 aromatic carbocycles. The van der Waals surface area contributed by atoms with Gasteiger partial charge in [0.15, 0.2) is 0 Å². The van der Waals surface area contributed by atoms with Gasteiger partial charge in [0.05, 0.1) is 17.8 Å². The van der Waals surface area contributed by atoms with Gasteiger partial charge in [-0.15, -0.1) is 0 Å². The minimum Gasteiger partial charge on any atom is -0.438 e. The number of hydrogen-bond acceptors (Lipinski definition) is 5. The van der Waals surface area contributed by atoms with E-state index < -0.39 is 5.82 Å². The van der Waals surface area contributed by atoms with E-state index in [0.717, 1.165) is 42.8 Å². The summed E-state index contributed by atoms with van der Waals surface area (Å²) in [6.07, 6.45) is 2.83. The van der Waals surface area contributed by atoms with E-state index in [-0.39, 0.29) is 5.91 Å². The Hall–Kier alpha value is -3.48. The third-order valence-corrected chi connectivity index (χ3v) is 6.64. The van der Waals surface area contributed by atoms with Crippen molar-refractivity contribution in [1.29, 1.82) is 0 Å². The van der Waals surface area contributed by atoms with Crippen molar-refractivity contribution in [3.63, 3.8) is 0 Å². The van der Waals surface area contributed by atoms with Gasteiger partial charge in [-0.25, -0.2) is 9.37 Å². The number of halogens is 1. The Morgan fingerprint density at radius 1 is 1.06 bits per heavy atom. The second kappa shape index (κ2) is 9.41. The molecule has 1 saturated heterocycles. The van der Waals surface area contributed by atoms with Crippen LogP contribution >= 0.6 is 0 Å². The molecule has 5 rings (SSSR count). The lowest BCUT2D eigenvalue weighted by molar-refractivity contribution is 0.0731. The summed E-state index contributed by atoms with van der Waals surface area (Å²) in [6.45, 7) is 6.98. The molecule has 2 aliphatic rings. The van der Waals surface area contributed by atoms with E-state index in [1.54, 1.807) is 17.0 Å². The molecule has 34 heavy (non-hydrogen) atoms. The van der Waals surface area contributed by atoms with E-state index >= 15 is 0 Å². The molecule has 6 nitrogen and oxygen atoms in total. The largest absolute Gasteiger partial charge is 0.438 e. The number of nitrogens with zero attached hydrogens (tertiary/aromatic N) is 4. The lowest BCUT2D eigenvalue weighted by atomic mass is 9.99. The molecule has 0 N–H and O–H groups in total. The van der Waals surface area contributed by atoms with Gasteiger partial charge in [-0.05, 0) is 61.6 Å². The minimum absolute atomic E-state index is 0.208. The molecule has 3 aromatic rings. The van der Waals surface area contributed by atoms with Gasteiger partial charge >= 0.3 is 0 Å². The first-order chi connectivity index (χ1) is 16.5. The summed E-state index contributed by atoms with van der Waals surface area (Å²) in [5, 5.41) is 0. The number of carbonyl (C=O) groups is 1. The van der Waals surface area contributed by atoms with E-state index in [4.69, 9.17) is 14.7 Å². The van der Waals surface area contributed by atoms with Crippen LogP contribution in [0.5, 0.6) is 11.6 Å². The zero-order valence-electron chi connectivity index (χ0n) is 19.6. The Morgan fingerprint density at radius 2 is 1.85 bits per heavy atom. The highest BCUT2D eigenvalue weighted by Crippen LogP contribution is 2.33. The van der Waals surface area contributed by atoms with Gasteiger partial charge < -0.3 is 14.5 Å². The maximum absolute atomic E-state index is 13.7. The molecule has 1 fully saturated rings. The first kappa shape index (κ1) is 22.3. The van der Waals surface area contributed by atoms with Crippen LogP contribution in [0.15, 0.2) is 48.5 Å². The number of ether oxygens (including phenoxy) is 1. The molecular formula is C27H29FN4O2. The highest BCUT2D eigenvalue weighted by atomic mass is 19.1. The predicted octanol–water partition coefficient (Wildman–Crippen LogP) is 5.15. The molecular weight excluding hydrogens is 431 g/mol. The molecule has 0 spiro atoms. The second-order valence-corrected chi connectivity index (χ2v) is 9.33. The number of anilines is 1. The monoisotopic (exact) mass is 460 g/mol. The molecule has 1 amide bonds. The van der Waals surface area contributed by atoms with Crippen molar-refractivity contribution in [2.75, 3.05) is 24.5 Å². The summed E-state index contributed by atoms with van der Waals surface area (Å²) >= 11 is 0. The van der Waals surface area contributed by atoms with Crippen molar-refractivity contribution in [2.24, 2.45) is 5.92 Å². The fourth-order valence-electron chi connectivity index (χ4n) is 4.57. The van der Waals surface area contributed by atoms with Crippen LogP contribution in [0.1, 0.15) is 46.9 Å². The van der Waals surface area contributed by atoms with E-state index in [2.05, 4.69) is 11.8 Å². The van der Waals surface area contributed by atoms with Crippen molar-refractivity contribution in [1.82, 2.24) is 14.9 Å². The zero-order chi connectivity index (χ0) is 23.7. The van der Waals surface area contributed by atoms with Crippen LogP contribution in [0.2, 0.25) is 0 Å². The van der Waals surface area contributed by atoms with Crippen LogP contribution in [0.4, 0.5) is 10.3 Å². The van der Waals surface area contributed by atoms with Gasteiger partial charge in [0, 0.05) is 31.6 Å². The minimum atomic E-state index is -0.421. The second-order valence-electron chi connectivity index (χ2n) is 9.33. The molecule has 7 heteroatoms. The first-order valence-corrected chi connectivity index (χ1v) is 11.9. The van der Waals surface area contributed by atoms with Gasteiger partial charge in [-0.1, -0.05) is 25.1 Å². The number of fused-ring (bicyclic) bond motifs is 1. The number of aryl methyl sites for hydroxylation is 1. The number of benzene rings is 2. The third-order valence-electron chi connectivity index (χ3n) is 6.64. The van der Waals surface area contributed by atoms with Crippen LogP contribution < -0.4 is 9.64 Å². The molecule has 176 valence electrons. The molecule has 3 heterocycles. The maximum Gasteiger partial charge on any atom is 0.254 e. The highest BCUT2D eigenvalue weighted by molar-refractivity contribution is 5.94. The number of hydrogen-bond donors (Lipinski definition) is 0. The van der Waals surface area contributed by atoms with Gasteiger partial charge in [0.2, 0.25) is 11.8 Å². The van der Waals surface area contributed by atoms with Crippen LogP contribution in [-0.2, 0) is 13.0 Å². The van der Waals surface area contributed by atoms with Crippen molar-refractivity contribution in [3.8, 4) is 11.6 Å². The van der Waals surface area contributed by atoms with Gasteiger partial charge in [0.1, 0.15) is 11.6 Å². The maximum atomic E-state index is 13.7. The topological polar surface area (TPSA) is 58.6 Å². The SMILES string of the molecule is Cc1cccc(Oc2nc(N3CCC(C)CC3)nc3c2CN(C(=O)c2cccc(F)c2)CC3)c1. The summed E-state index contributed by atoms with van der Waals surface area (Å²) in [5.41, 5.74) is 3.15. The Bertz CT molecular complexity index is 1210. The number of piperidine rings is 1. The Morgan fingerprint density at radius 3 is 2.62 bits per heavy atom. The van der Waals surface area contributed by atoms with Gasteiger partial charge in [-0.2, -0.15) is 4.98 Å². The fourth-order valence-corrected chi connectivity index (χ4v) is 4.57. The molecule has 0 bridgehead atoms. The summed E-state index contributed by atoms with van der Waals surface area (Å²) in [7, 11) is 0. The zero-order valence-corrected chi connectivity index (χ0v) is 19.6. The van der Waals surface area contributed by atoms with E-state index in [0.29, 0.717) is 48.6 Å². The number of rotatable bonds is 4. The van der Waals surface area contributed by atoms with Gasteiger partial charge in [-0.3, -0.25) is 4.79 Å². The molecule has 0 aliphatic carbocycles. The average Bonchev–Trinajstić information content (AvgIpc) is 2.84. The summed E-state index contributed by atoms with van der Waals surface area (Å²) in [6, 6.07) is 13.7. The van der Waals surface area contributed by atoms with Crippen molar-refractivity contribution >= 4 is 11.9 Å². The average molecular weight is 461 g/mol. The van der Waals surface area contributed by atoms with E-state index in [1.807, 2.05) is 31.2 Å². The molecule has 1 aromatic heterocycles. The highest BCUT2D eigenvalue weighted by Gasteiger charge is 2.29. The lowest BCUT2D eigenvalue weighted by Crippen LogP contribution is -2.38. The van der Waals surface area contributed by atoms with Gasteiger partial charge in [0.25, 0.3) is 5.91 Å². The van der Waals surface area contributed by atoms with Crippen molar-refractivity contribution < 1.29 is 13.9 Å². The number of amides is 1. The molecule has 0 saturated carbocycles. The fraction of sp³-hybridized carbons (Fsp3) is 0.370. The number of aromatic nitrogens is 2. The molecule has 0 unspecified atom stereocenters. The molecule has 0 atom stereocenters. The predicted molar refractivity (Wildman–Crippen MR) is 129 cm³/mol. The van der Waals surface area contributed by atoms with Crippen LogP contribution in [0.3, 0.4) is 0 Å². The van der Waals surface area contributed by atoms with E-state index in [1.165, 1.54) is 12.1 Å². The molecule has 0 radical (unpaired) electrons. The van der Waals surface area contributed by atoms with Crippen molar-refractivity contribution in [3.05, 3.63) is 76.7 Å².